The van der Waals surface area contributed by atoms with E-state index in [1.807, 2.05) is 44.2 Å². The minimum absolute atomic E-state index is 0.133. The highest BCUT2D eigenvalue weighted by Crippen LogP contribution is 2.36. The molecule has 7 nitrogen and oxygen atoms in total. The van der Waals surface area contributed by atoms with Crippen LogP contribution in [-0.2, 0) is 6.61 Å². The molecule has 6 rings (SSSR count). The van der Waals surface area contributed by atoms with Crippen LogP contribution in [0.3, 0.4) is 0 Å². The molecule has 1 aliphatic heterocycles. The number of aromatic nitrogens is 4. The fraction of sp³-hybridized carbons (Fsp3) is 0.290. The summed E-state index contributed by atoms with van der Waals surface area (Å²) in [7, 11) is 0. The van der Waals surface area contributed by atoms with Crippen molar-refractivity contribution in [3.05, 3.63) is 95.9 Å². The lowest BCUT2D eigenvalue weighted by molar-refractivity contribution is 0.290. The molecule has 2 aromatic heterocycles. The third kappa shape index (κ3) is 5.23. The molecule has 204 valence electrons. The van der Waals surface area contributed by atoms with Gasteiger partial charge in [-0.15, -0.1) is 0 Å². The van der Waals surface area contributed by atoms with Crippen LogP contribution >= 0.6 is 0 Å². The van der Waals surface area contributed by atoms with Gasteiger partial charge < -0.3 is 14.2 Å². The predicted molar refractivity (Wildman–Crippen MR) is 148 cm³/mol. The molecule has 40 heavy (non-hydrogen) atoms. The van der Waals surface area contributed by atoms with Gasteiger partial charge in [-0.3, -0.25) is 0 Å². The third-order valence-corrected chi connectivity index (χ3v) is 7.27. The van der Waals surface area contributed by atoms with Gasteiger partial charge in [-0.05, 0) is 48.2 Å². The van der Waals surface area contributed by atoms with E-state index in [1.54, 1.807) is 12.1 Å². The summed E-state index contributed by atoms with van der Waals surface area (Å²) in [5.41, 5.74) is 2.50. The molecule has 3 aromatic carbocycles. The summed E-state index contributed by atoms with van der Waals surface area (Å²) < 4.78 is 41.1. The van der Waals surface area contributed by atoms with E-state index in [2.05, 4.69) is 25.0 Å². The first-order valence-corrected chi connectivity index (χ1v) is 13.5. The largest absolute Gasteiger partial charge is 0.486 e. The Labute approximate surface area is 230 Å². The molecule has 0 radical (unpaired) electrons. The van der Waals surface area contributed by atoms with E-state index in [1.165, 1.54) is 24.5 Å². The summed E-state index contributed by atoms with van der Waals surface area (Å²) in [5, 5.41) is 4.77. The Balaban J connectivity index is 1.24. The zero-order chi connectivity index (χ0) is 27.6. The quantitative estimate of drug-likeness (QED) is 0.219. The lowest BCUT2D eigenvalue weighted by Gasteiger charge is -2.32. The van der Waals surface area contributed by atoms with E-state index in [0.29, 0.717) is 46.8 Å². The molecular weight excluding hydrogens is 512 g/mol. The van der Waals surface area contributed by atoms with Gasteiger partial charge in [0.25, 0.3) is 0 Å². The number of piperidine rings is 1. The van der Waals surface area contributed by atoms with E-state index in [9.17, 15) is 4.39 Å². The molecule has 0 spiro atoms. The van der Waals surface area contributed by atoms with E-state index >= 15 is 4.39 Å². The van der Waals surface area contributed by atoms with Crippen LogP contribution in [0.25, 0.3) is 22.0 Å². The molecule has 0 atom stereocenters. The Kier molecular flexibility index (Phi) is 7.11. The van der Waals surface area contributed by atoms with Crippen LogP contribution in [0.5, 0.6) is 5.75 Å². The fourth-order valence-electron chi connectivity index (χ4n) is 5.11. The van der Waals surface area contributed by atoms with Crippen molar-refractivity contribution in [2.75, 3.05) is 18.0 Å². The van der Waals surface area contributed by atoms with Crippen LogP contribution in [0.1, 0.15) is 55.8 Å². The summed E-state index contributed by atoms with van der Waals surface area (Å²) >= 11 is 0. The number of rotatable bonds is 7. The number of fused-ring (bicyclic) bond motifs is 1. The Hall–Kier alpha value is -4.40. The number of nitrogens with zero attached hydrogens (tertiary/aromatic N) is 5. The number of anilines is 1. The summed E-state index contributed by atoms with van der Waals surface area (Å²) in [6.45, 7) is 5.71. The number of hydrogen-bond donors (Lipinski definition) is 0. The summed E-state index contributed by atoms with van der Waals surface area (Å²) in [6, 6.07) is 17.0. The van der Waals surface area contributed by atoms with Crippen LogP contribution in [0.4, 0.5) is 14.6 Å². The zero-order valence-electron chi connectivity index (χ0n) is 22.3. The molecule has 0 amide bonds. The van der Waals surface area contributed by atoms with Crippen molar-refractivity contribution < 1.29 is 18.0 Å². The van der Waals surface area contributed by atoms with Gasteiger partial charge in [0, 0.05) is 35.9 Å². The molecule has 0 aliphatic carbocycles. The maximum atomic E-state index is 15.1. The lowest BCUT2D eigenvalue weighted by Crippen LogP contribution is -2.34. The first-order chi connectivity index (χ1) is 19.5. The second kappa shape index (κ2) is 11.0. The first-order valence-electron chi connectivity index (χ1n) is 13.5. The molecule has 1 saturated heterocycles. The molecule has 0 bridgehead atoms. The Morgan fingerprint density at radius 2 is 1.80 bits per heavy atom. The topological polar surface area (TPSA) is 77.2 Å². The summed E-state index contributed by atoms with van der Waals surface area (Å²) in [5.74, 6) is 1.59. The summed E-state index contributed by atoms with van der Waals surface area (Å²) in [6.07, 6.45) is 3.12. The minimum atomic E-state index is -0.524. The van der Waals surface area contributed by atoms with Gasteiger partial charge in [0.2, 0.25) is 5.89 Å². The molecular formula is C31H29F2N5O2. The monoisotopic (exact) mass is 541 g/mol. The summed E-state index contributed by atoms with van der Waals surface area (Å²) in [4.78, 5) is 15.7. The van der Waals surface area contributed by atoms with Gasteiger partial charge in [-0.25, -0.2) is 18.7 Å². The number of hydrogen-bond acceptors (Lipinski definition) is 7. The van der Waals surface area contributed by atoms with Gasteiger partial charge >= 0.3 is 0 Å². The van der Waals surface area contributed by atoms with Crippen molar-refractivity contribution in [1.29, 1.82) is 0 Å². The van der Waals surface area contributed by atoms with Gasteiger partial charge in [0.05, 0.1) is 5.52 Å². The van der Waals surface area contributed by atoms with Crippen LogP contribution in [0, 0.1) is 11.6 Å². The fourth-order valence-corrected chi connectivity index (χ4v) is 5.11. The molecule has 9 heteroatoms. The van der Waals surface area contributed by atoms with Crippen LogP contribution in [-0.4, -0.2) is 33.2 Å². The maximum absolute atomic E-state index is 15.1. The van der Waals surface area contributed by atoms with Gasteiger partial charge in [0.1, 0.15) is 24.6 Å². The molecule has 1 aliphatic rings. The average molecular weight is 542 g/mol. The Bertz CT molecular complexity index is 1630. The van der Waals surface area contributed by atoms with Crippen molar-refractivity contribution in [2.45, 2.75) is 45.1 Å². The van der Waals surface area contributed by atoms with Crippen molar-refractivity contribution in [3.63, 3.8) is 0 Å². The molecule has 0 unspecified atom stereocenters. The molecule has 5 aromatic rings. The average Bonchev–Trinajstić information content (AvgIpc) is 3.47. The van der Waals surface area contributed by atoms with Crippen LogP contribution in [0.15, 0.2) is 71.5 Å². The minimum Gasteiger partial charge on any atom is -0.486 e. The highest BCUT2D eigenvalue weighted by atomic mass is 19.1. The highest BCUT2D eigenvalue weighted by Gasteiger charge is 2.27. The van der Waals surface area contributed by atoms with Gasteiger partial charge in [-0.1, -0.05) is 55.4 Å². The predicted octanol–water partition coefficient (Wildman–Crippen LogP) is 7.04. The van der Waals surface area contributed by atoms with Gasteiger partial charge in [-0.2, -0.15) is 4.98 Å². The van der Waals surface area contributed by atoms with Crippen molar-refractivity contribution in [2.24, 2.45) is 0 Å². The Morgan fingerprint density at radius 1 is 1.00 bits per heavy atom. The standard InChI is InChI=1S/C31H29F2N5O2/c1-19(2)31-36-29(37-40-31)21-10-12-38(13-11-21)30-25-16-23(32)15-24(28(25)34-18-35-30)22-8-9-27(26(33)14-22)39-17-20-6-4-3-5-7-20/h3-9,14-16,18-19,21H,10-13,17H2,1-2H3. The van der Waals surface area contributed by atoms with E-state index in [4.69, 9.17) is 9.26 Å². The van der Waals surface area contributed by atoms with Crippen molar-refractivity contribution in [1.82, 2.24) is 20.1 Å². The van der Waals surface area contributed by atoms with Crippen molar-refractivity contribution >= 4 is 16.7 Å². The van der Waals surface area contributed by atoms with Gasteiger partial charge in [0.15, 0.2) is 17.4 Å². The molecule has 0 saturated carbocycles. The van der Waals surface area contributed by atoms with E-state index in [0.717, 1.165) is 24.2 Å². The Morgan fingerprint density at radius 3 is 2.52 bits per heavy atom. The number of benzene rings is 3. The smallest absolute Gasteiger partial charge is 0.229 e. The maximum Gasteiger partial charge on any atom is 0.229 e. The first kappa shape index (κ1) is 25.9. The zero-order valence-corrected chi connectivity index (χ0v) is 22.3. The number of ether oxygens (including phenoxy) is 1. The van der Waals surface area contributed by atoms with Crippen molar-refractivity contribution in [3.8, 4) is 16.9 Å². The normalized spacial score (nSPS) is 14.3. The second-order valence-electron chi connectivity index (χ2n) is 10.4. The van der Waals surface area contributed by atoms with Crippen LogP contribution < -0.4 is 9.64 Å². The molecule has 0 N–H and O–H groups in total. The molecule has 1 fully saturated rings. The molecule has 3 heterocycles. The van der Waals surface area contributed by atoms with Crippen LogP contribution in [0.2, 0.25) is 0 Å². The highest BCUT2D eigenvalue weighted by molar-refractivity contribution is 5.99. The van der Waals surface area contributed by atoms with E-state index in [-0.39, 0.29) is 24.2 Å². The van der Waals surface area contributed by atoms with E-state index < -0.39 is 11.6 Å². The lowest BCUT2D eigenvalue weighted by atomic mass is 9.95. The second-order valence-corrected chi connectivity index (χ2v) is 10.4. The third-order valence-electron chi connectivity index (χ3n) is 7.27. The SMILES string of the molecule is CC(C)c1nc(C2CCN(c3ncnc4c(-c5ccc(OCc6ccccc6)c(F)c5)cc(F)cc34)CC2)no1. The number of halogens is 2.